The molecule has 0 spiro atoms. The van der Waals surface area contributed by atoms with Crippen molar-refractivity contribution in [3.05, 3.63) is 66.6 Å². The number of benzene rings is 1. The fraction of sp³-hybridized carbons (Fsp3) is 0.292. The van der Waals surface area contributed by atoms with Crippen LogP contribution in [0.25, 0.3) is 11.3 Å². The fourth-order valence-corrected chi connectivity index (χ4v) is 4.39. The highest BCUT2D eigenvalue weighted by atomic mass is 16.2. The standard InChI is InChI=1S/C24H24N6O3/c31-22-14-18(16-30(22)19-4-2-1-3-5-19)23(32)28-10-12-29(13-11-28)24(33)21-15-20(26-27-21)17-6-8-25-9-7-17/h1-9,15,18H,10-14,16H2,(H,26,27). The number of nitrogens with one attached hydrogen (secondary N) is 1. The number of anilines is 1. The van der Waals surface area contributed by atoms with Crippen molar-refractivity contribution in [3.8, 4) is 11.3 Å². The molecular formula is C24H24N6O3. The van der Waals surface area contributed by atoms with E-state index < -0.39 is 0 Å². The molecule has 4 heterocycles. The Morgan fingerprint density at radius 1 is 0.939 bits per heavy atom. The summed E-state index contributed by atoms with van der Waals surface area (Å²) >= 11 is 0. The number of H-pyrrole nitrogens is 1. The molecule has 1 aromatic carbocycles. The lowest BCUT2D eigenvalue weighted by Gasteiger charge is -2.35. The maximum atomic E-state index is 13.1. The molecule has 2 aliphatic rings. The highest BCUT2D eigenvalue weighted by molar-refractivity contribution is 6.00. The molecule has 1 unspecified atom stereocenters. The first-order valence-corrected chi connectivity index (χ1v) is 11.0. The first-order valence-electron chi connectivity index (χ1n) is 11.0. The third-order valence-corrected chi connectivity index (χ3v) is 6.21. The van der Waals surface area contributed by atoms with Crippen LogP contribution >= 0.6 is 0 Å². The number of hydrogen-bond acceptors (Lipinski definition) is 5. The second-order valence-corrected chi connectivity index (χ2v) is 8.26. The molecular weight excluding hydrogens is 420 g/mol. The van der Waals surface area contributed by atoms with Gasteiger partial charge in [-0.3, -0.25) is 24.5 Å². The average molecular weight is 444 g/mol. The minimum atomic E-state index is -0.351. The summed E-state index contributed by atoms with van der Waals surface area (Å²) in [7, 11) is 0. The van der Waals surface area contributed by atoms with Gasteiger partial charge < -0.3 is 14.7 Å². The summed E-state index contributed by atoms with van der Waals surface area (Å²) in [6.07, 6.45) is 3.58. The Bertz CT molecular complexity index is 1160. The number of pyridine rings is 1. The van der Waals surface area contributed by atoms with Crippen molar-refractivity contribution in [2.45, 2.75) is 6.42 Å². The number of aromatic nitrogens is 3. The molecule has 1 atom stereocenters. The van der Waals surface area contributed by atoms with Crippen LogP contribution in [-0.2, 0) is 9.59 Å². The molecule has 0 bridgehead atoms. The largest absolute Gasteiger partial charge is 0.339 e. The van der Waals surface area contributed by atoms with Gasteiger partial charge in [-0.05, 0) is 30.3 Å². The van der Waals surface area contributed by atoms with E-state index in [2.05, 4.69) is 15.2 Å². The van der Waals surface area contributed by atoms with Crippen LogP contribution in [0.15, 0.2) is 60.9 Å². The molecule has 33 heavy (non-hydrogen) atoms. The van der Waals surface area contributed by atoms with Crippen molar-refractivity contribution < 1.29 is 14.4 Å². The SMILES string of the molecule is O=C(c1cc(-c2ccncc2)n[nH]1)N1CCN(C(=O)C2CC(=O)N(c3ccccc3)C2)CC1. The van der Waals surface area contributed by atoms with E-state index in [9.17, 15) is 14.4 Å². The van der Waals surface area contributed by atoms with Crippen LogP contribution in [0.5, 0.6) is 0 Å². The summed E-state index contributed by atoms with van der Waals surface area (Å²) in [6.45, 7) is 2.18. The molecule has 0 aliphatic carbocycles. The van der Waals surface area contributed by atoms with E-state index in [0.717, 1.165) is 11.3 Å². The Balaban J connectivity index is 1.17. The Labute approximate surface area is 191 Å². The summed E-state index contributed by atoms with van der Waals surface area (Å²) < 4.78 is 0. The number of aromatic amines is 1. The van der Waals surface area contributed by atoms with E-state index in [-0.39, 0.29) is 30.1 Å². The number of nitrogens with zero attached hydrogens (tertiary/aromatic N) is 5. The number of hydrogen-bond donors (Lipinski definition) is 1. The highest BCUT2D eigenvalue weighted by Gasteiger charge is 2.38. The van der Waals surface area contributed by atoms with Gasteiger partial charge in [-0.1, -0.05) is 18.2 Å². The average Bonchev–Trinajstić information content (AvgIpc) is 3.52. The minimum absolute atomic E-state index is 0.0182. The van der Waals surface area contributed by atoms with Crippen LogP contribution in [0.1, 0.15) is 16.9 Å². The summed E-state index contributed by atoms with van der Waals surface area (Å²) in [5.41, 5.74) is 2.80. The second kappa shape index (κ2) is 8.85. The van der Waals surface area contributed by atoms with E-state index >= 15 is 0 Å². The van der Waals surface area contributed by atoms with Gasteiger partial charge in [0.2, 0.25) is 11.8 Å². The molecule has 0 radical (unpaired) electrons. The monoisotopic (exact) mass is 444 g/mol. The summed E-state index contributed by atoms with van der Waals surface area (Å²) in [4.78, 5) is 47.6. The molecule has 5 rings (SSSR count). The lowest BCUT2D eigenvalue weighted by Crippen LogP contribution is -2.52. The van der Waals surface area contributed by atoms with Crippen LogP contribution in [0.2, 0.25) is 0 Å². The van der Waals surface area contributed by atoms with E-state index in [4.69, 9.17) is 0 Å². The van der Waals surface area contributed by atoms with Gasteiger partial charge in [0.25, 0.3) is 5.91 Å². The van der Waals surface area contributed by atoms with E-state index in [0.29, 0.717) is 44.1 Å². The second-order valence-electron chi connectivity index (χ2n) is 8.26. The molecule has 2 fully saturated rings. The zero-order chi connectivity index (χ0) is 22.8. The molecule has 1 N–H and O–H groups in total. The summed E-state index contributed by atoms with van der Waals surface area (Å²) in [5.74, 6) is -0.537. The summed E-state index contributed by atoms with van der Waals surface area (Å²) in [6, 6.07) is 14.8. The van der Waals surface area contributed by atoms with Crippen LogP contribution in [0.4, 0.5) is 5.69 Å². The van der Waals surface area contributed by atoms with Crippen molar-refractivity contribution in [2.24, 2.45) is 5.92 Å². The van der Waals surface area contributed by atoms with Crippen molar-refractivity contribution in [2.75, 3.05) is 37.6 Å². The number of rotatable bonds is 4. The molecule has 2 aliphatic heterocycles. The Hall–Kier alpha value is -4.01. The van der Waals surface area contributed by atoms with Gasteiger partial charge >= 0.3 is 0 Å². The molecule has 168 valence electrons. The number of piperazine rings is 1. The van der Waals surface area contributed by atoms with E-state index in [1.54, 1.807) is 33.2 Å². The maximum absolute atomic E-state index is 13.1. The molecule has 2 saturated heterocycles. The van der Waals surface area contributed by atoms with Gasteiger partial charge in [0.05, 0.1) is 11.6 Å². The smallest absolute Gasteiger partial charge is 0.272 e. The van der Waals surface area contributed by atoms with E-state index in [1.165, 1.54) is 0 Å². The first kappa shape index (κ1) is 20.9. The first-order chi connectivity index (χ1) is 16.1. The van der Waals surface area contributed by atoms with Gasteiger partial charge in [-0.2, -0.15) is 5.10 Å². The lowest BCUT2D eigenvalue weighted by molar-refractivity contribution is -0.137. The predicted molar refractivity (Wildman–Crippen MR) is 121 cm³/mol. The zero-order valence-electron chi connectivity index (χ0n) is 18.1. The third kappa shape index (κ3) is 4.21. The fourth-order valence-electron chi connectivity index (χ4n) is 4.39. The molecule has 3 aromatic rings. The molecule has 0 saturated carbocycles. The van der Waals surface area contributed by atoms with Crippen LogP contribution < -0.4 is 4.90 Å². The molecule has 2 aromatic heterocycles. The zero-order valence-corrected chi connectivity index (χ0v) is 18.1. The van der Waals surface area contributed by atoms with E-state index in [1.807, 2.05) is 42.5 Å². The number of carbonyl (C=O) groups is 3. The van der Waals surface area contributed by atoms with Gasteiger partial charge in [0.15, 0.2) is 0 Å². The van der Waals surface area contributed by atoms with Gasteiger partial charge in [-0.25, -0.2) is 0 Å². The van der Waals surface area contributed by atoms with Crippen LogP contribution in [-0.4, -0.2) is 75.4 Å². The number of para-hydroxylation sites is 1. The van der Waals surface area contributed by atoms with Crippen molar-refractivity contribution in [1.29, 1.82) is 0 Å². The maximum Gasteiger partial charge on any atom is 0.272 e. The van der Waals surface area contributed by atoms with Gasteiger partial charge in [0, 0.05) is 62.8 Å². The predicted octanol–water partition coefficient (Wildman–Crippen LogP) is 1.81. The topological polar surface area (TPSA) is 102 Å². The Morgan fingerprint density at radius 3 is 2.36 bits per heavy atom. The quantitative estimate of drug-likeness (QED) is 0.661. The third-order valence-electron chi connectivity index (χ3n) is 6.21. The van der Waals surface area contributed by atoms with Crippen molar-refractivity contribution in [1.82, 2.24) is 25.0 Å². The Morgan fingerprint density at radius 2 is 1.64 bits per heavy atom. The molecule has 9 nitrogen and oxygen atoms in total. The normalized spacial score (nSPS) is 18.6. The number of amides is 3. The Kier molecular flexibility index (Phi) is 5.60. The van der Waals surface area contributed by atoms with Crippen molar-refractivity contribution in [3.63, 3.8) is 0 Å². The van der Waals surface area contributed by atoms with Gasteiger partial charge in [-0.15, -0.1) is 0 Å². The van der Waals surface area contributed by atoms with Crippen LogP contribution in [0.3, 0.4) is 0 Å². The number of carbonyl (C=O) groups excluding carboxylic acids is 3. The molecule has 9 heteroatoms. The lowest BCUT2D eigenvalue weighted by atomic mass is 10.1. The minimum Gasteiger partial charge on any atom is -0.339 e. The molecule has 3 amide bonds. The van der Waals surface area contributed by atoms with Gasteiger partial charge in [0.1, 0.15) is 5.69 Å². The van der Waals surface area contributed by atoms with Crippen molar-refractivity contribution >= 4 is 23.4 Å². The highest BCUT2D eigenvalue weighted by Crippen LogP contribution is 2.26. The van der Waals surface area contributed by atoms with Crippen LogP contribution in [0, 0.1) is 5.92 Å². The summed E-state index contributed by atoms with van der Waals surface area (Å²) in [5, 5.41) is 7.06.